The average molecular weight is 1190 g/mol. The van der Waals surface area contributed by atoms with Gasteiger partial charge in [0.2, 0.25) is 0 Å². The predicted molar refractivity (Wildman–Crippen MR) is 369 cm³/mol. The van der Waals surface area contributed by atoms with Gasteiger partial charge in [0, 0.05) is 24.2 Å². The van der Waals surface area contributed by atoms with Crippen LogP contribution in [0.1, 0.15) is 373 Å². The van der Waals surface area contributed by atoms with E-state index in [2.05, 4.69) is 6.92 Å². The maximum atomic E-state index is 7.94. The molecule has 496 valence electrons. The second kappa shape index (κ2) is 34.3. The van der Waals surface area contributed by atoms with Gasteiger partial charge >= 0.3 is 0 Å². The summed E-state index contributed by atoms with van der Waals surface area (Å²) < 4.78 is 0. The van der Waals surface area contributed by atoms with Gasteiger partial charge in [0.25, 0.3) is 0 Å². The topological polar surface area (TPSA) is 104 Å². The van der Waals surface area contributed by atoms with Crippen molar-refractivity contribution in [3.05, 3.63) is 0 Å². The Balaban J connectivity index is 1.08. The van der Waals surface area contributed by atoms with Gasteiger partial charge in [-0.2, -0.15) is 0 Å². The third-order valence-corrected chi connectivity index (χ3v) is 30.6. The molecule has 23 unspecified atom stereocenters. The zero-order valence-corrected chi connectivity index (χ0v) is 57.4. The Morgan fingerprint density at radius 1 is 0.256 bits per heavy atom. The first kappa shape index (κ1) is 67.3. The predicted octanol–water partition coefficient (Wildman–Crippen LogP) is 22.4. The summed E-state index contributed by atoms with van der Waals surface area (Å²) in [6.45, 7) is 2.48. The maximum Gasteiger partial charge on any atom is 0.00698 e. The smallest absolute Gasteiger partial charge is 0.00698 e. The minimum absolute atomic E-state index is 0.299. The van der Waals surface area contributed by atoms with Crippen molar-refractivity contribution in [2.24, 2.45) is 141 Å². The van der Waals surface area contributed by atoms with E-state index in [0.29, 0.717) is 35.5 Å². The molecule has 11 fully saturated rings. The van der Waals surface area contributed by atoms with Crippen molar-refractivity contribution < 1.29 is 0 Å². The van der Waals surface area contributed by atoms with Gasteiger partial charge in [-0.1, -0.05) is 238 Å². The van der Waals surface area contributed by atoms with Crippen molar-refractivity contribution in [1.82, 2.24) is 0 Å². The standard InChI is InChI=1S/C82H148N4/c1-59(83)73-47-46-66-53-72(85)40-24-23-34-64(66)54-77-78-55-65-33-16-10-18-39-71(84)52-63(65)38-28-43-80(86)75-42-20-7-5-15-35-69(75)57-76(68-36-22-21-30-60-29-12-2-3-14-32-62(60)51-68)81(78)79(77)56-67(45-44-61-31-13-4-6-19-41-74(61)73)70-37-17-11-27-50-82(58-70)48-25-8-9-26-49-82/h59-81H,2-58,83-86H2,1H3. The first-order chi connectivity index (χ1) is 42.2. The van der Waals surface area contributed by atoms with Crippen LogP contribution in [-0.4, -0.2) is 24.2 Å². The second-order valence-corrected chi connectivity index (χ2v) is 35.8. The van der Waals surface area contributed by atoms with Gasteiger partial charge < -0.3 is 22.9 Å². The molecule has 0 amide bonds. The molecule has 0 aromatic rings. The molecule has 4 heteroatoms. The van der Waals surface area contributed by atoms with Crippen LogP contribution in [0.4, 0.5) is 0 Å². The lowest BCUT2D eigenvalue weighted by atomic mass is 9.44. The van der Waals surface area contributed by atoms with Gasteiger partial charge in [-0.05, 0) is 253 Å². The van der Waals surface area contributed by atoms with E-state index < -0.39 is 0 Å². The molecule has 8 N–H and O–H groups in total. The van der Waals surface area contributed by atoms with Crippen LogP contribution in [0.15, 0.2) is 0 Å². The van der Waals surface area contributed by atoms with E-state index in [9.17, 15) is 0 Å². The van der Waals surface area contributed by atoms with Gasteiger partial charge in [-0.15, -0.1) is 0 Å². The van der Waals surface area contributed by atoms with Crippen LogP contribution >= 0.6 is 0 Å². The fourth-order valence-corrected chi connectivity index (χ4v) is 26.0. The van der Waals surface area contributed by atoms with Gasteiger partial charge in [-0.3, -0.25) is 0 Å². The molecule has 1 spiro atoms. The van der Waals surface area contributed by atoms with Crippen molar-refractivity contribution in [1.29, 1.82) is 0 Å². The minimum atomic E-state index is 0.299. The lowest BCUT2D eigenvalue weighted by Gasteiger charge is -2.61. The highest BCUT2D eigenvalue weighted by Crippen LogP contribution is 2.65. The highest BCUT2D eigenvalue weighted by Gasteiger charge is 2.57. The van der Waals surface area contributed by atoms with Crippen LogP contribution in [-0.2, 0) is 0 Å². The Bertz CT molecular complexity index is 1870. The van der Waals surface area contributed by atoms with Crippen molar-refractivity contribution in [2.75, 3.05) is 0 Å². The molecule has 11 saturated carbocycles. The molecule has 0 saturated heterocycles. The van der Waals surface area contributed by atoms with Crippen molar-refractivity contribution in [3.8, 4) is 0 Å². The van der Waals surface area contributed by atoms with E-state index in [4.69, 9.17) is 22.9 Å². The summed E-state index contributed by atoms with van der Waals surface area (Å²) in [5, 5.41) is 0. The molecule has 11 aliphatic rings. The highest BCUT2D eigenvalue weighted by molar-refractivity contribution is 5.07. The van der Waals surface area contributed by atoms with Gasteiger partial charge in [-0.25, -0.2) is 0 Å². The summed E-state index contributed by atoms with van der Waals surface area (Å²) in [6, 6.07) is 1.45. The summed E-state index contributed by atoms with van der Waals surface area (Å²) in [7, 11) is 0. The van der Waals surface area contributed by atoms with E-state index in [0.717, 1.165) is 107 Å². The zero-order valence-electron chi connectivity index (χ0n) is 57.4. The number of nitrogens with two attached hydrogens (primary N) is 4. The normalized spacial score (nSPS) is 45.5. The van der Waals surface area contributed by atoms with E-state index in [1.165, 1.54) is 270 Å². The monoisotopic (exact) mass is 1190 g/mol. The second-order valence-electron chi connectivity index (χ2n) is 35.8. The van der Waals surface area contributed by atoms with E-state index in [1.807, 2.05) is 0 Å². The Kier molecular flexibility index (Phi) is 26.8. The van der Waals surface area contributed by atoms with Crippen LogP contribution in [0.25, 0.3) is 0 Å². The SMILES string of the molecule is CC(N)C1CCC2CC(N)CCCCC2CC2C3CC4CCCCCC(N)CC4CCCC(N)C4CCCCCCC4CC(C4CCCCC5CCCCCCC5C4)C3C2CC(C2CCCCCC3(CCCCCC3)C2)CCC2CCCCCCC21. The summed E-state index contributed by atoms with van der Waals surface area (Å²) in [4.78, 5) is 0. The Morgan fingerprint density at radius 3 is 1.22 bits per heavy atom. The molecule has 11 rings (SSSR count). The number of hydrogen-bond acceptors (Lipinski definition) is 4. The molecular formula is C82H148N4. The van der Waals surface area contributed by atoms with E-state index in [-0.39, 0.29) is 0 Å². The Labute approximate surface area is 535 Å². The Morgan fingerprint density at radius 2 is 0.616 bits per heavy atom. The maximum absolute atomic E-state index is 7.94. The Hall–Kier alpha value is -0.160. The average Bonchev–Trinajstić information content (AvgIpc) is 2.48. The molecule has 0 heterocycles. The minimum Gasteiger partial charge on any atom is -0.328 e. The fourth-order valence-electron chi connectivity index (χ4n) is 26.0. The first-order valence-electron chi connectivity index (χ1n) is 41.2. The third kappa shape index (κ3) is 18.2. The summed E-state index contributed by atoms with van der Waals surface area (Å²) in [5.74, 6) is 16.5. The largest absolute Gasteiger partial charge is 0.328 e. The van der Waals surface area contributed by atoms with E-state index >= 15 is 0 Å². The van der Waals surface area contributed by atoms with Gasteiger partial charge in [0.1, 0.15) is 0 Å². The molecule has 0 aromatic carbocycles. The lowest BCUT2D eigenvalue weighted by molar-refractivity contribution is -0.129. The quantitative estimate of drug-likeness (QED) is 0.226. The fraction of sp³-hybridized carbons (Fsp3) is 1.00. The van der Waals surface area contributed by atoms with Gasteiger partial charge in [0.15, 0.2) is 0 Å². The first-order valence-corrected chi connectivity index (χ1v) is 41.2. The van der Waals surface area contributed by atoms with Crippen LogP contribution in [0.2, 0.25) is 0 Å². The molecule has 4 nitrogen and oxygen atoms in total. The molecule has 0 bridgehead atoms. The number of hydrogen-bond donors (Lipinski definition) is 4. The molecule has 86 heavy (non-hydrogen) atoms. The molecule has 0 aliphatic heterocycles. The molecule has 23 atom stereocenters. The lowest BCUT2D eigenvalue weighted by Crippen LogP contribution is -2.55. The molecule has 11 aliphatic carbocycles. The molecule has 0 aromatic heterocycles. The zero-order chi connectivity index (χ0) is 59.1. The van der Waals surface area contributed by atoms with Gasteiger partial charge in [0.05, 0.1) is 0 Å². The summed E-state index contributed by atoms with van der Waals surface area (Å²) >= 11 is 0. The number of rotatable bonds is 3. The number of fused-ring (bicyclic) bond motifs is 9. The summed E-state index contributed by atoms with van der Waals surface area (Å²) in [5.41, 5.74) is 30.9. The van der Waals surface area contributed by atoms with Crippen molar-refractivity contribution in [2.45, 2.75) is 397 Å². The summed E-state index contributed by atoms with van der Waals surface area (Å²) in [6.07, 6.45) is 84.1. The molecular weight excluding hydrogens is 1040 g/mol. The van der Waals surface area contributed by atoms with Crippen LogP contribution in [0.3, 0.4) is 0 Å². The van der Waals surface area contributed by atoms with Crippen molar-refractivity contribution >= 4 is 0 Å². The van der Waals surface area contributed by atoms with Crippen LogP contribution in [0.5, 0.6) is 0 Å². The van der Waals surface area contributed by atoms with E-state index in [1.54, 1.807) is 96.3 Å². The van der Waals surface area contributed by atoms with Crippen LogP contribution < -0.4 is 22.9 Å². The van der Waals surface area contributed by atoms with Crippen molar-refractivity contribution in [3.63, 3.8) is 0 Å². The molecule has 0 radical (unpaired) electrons. The highest BCUT2D eigenvalue weighted by atomic mass is 14.7. The van der Waals surface area contributed by atoms with Crippen LogP contribution in [0, 0.1) is 118 Å². The third-order valence-electron chi connectivity index (χ3n) is 30.6.